The number of hydrogen-bond acceptors (Lipinski definition) is 5. The quantitative estimate of drug-likeness (QED) is 0.839. The van der Waals surface area contributed by atoms with Gasteiger partial charge in [0, 0.05) is 5.69 Å². The Balaban J connectivity index is 2.33. The van der Waals surface area contributed by atoms with Crippen LogP contribution >= 0.6 is 0 Å². The molecule has 0 spiro atoms. The largest absolute Gasteiger partial charge is 0.467 e. The van der Waals surface area contributed by atoms with Crippen molar-refractivity contribution in [2.24, 2.45) is 0 Å². The first kappa shape index (κ1) is 13.8. The molecule has 1 aliphatic heterocycles. The van der Waals surface area contributed by atoms with Crippen molar-refractivity contribution in [3.63, 3.8) is 0 Å². The lowest BCUT2D eigenvalue weighted by atomic mass is 9.98. The molecule has 1 aliphatic rings. The molecule has 7 heteroatoms. The molecule has 0 radical (unpaired) electrons. The number of ether oxygens (including phenoxy) is 1. The van der Waals surface area contributed by atoms with Crippen molar-refractivity contribution in [1.82, 2.24) is 0 Å². The first-order valence-corrected chi connectivity index (χ1v) is 7.52. The summed E-state index contributed by atoms with van der Waals surface area (Å²) in [4.78, 5) is 11.9. The second kappa shape index (κ2) is 4.80. The van der Waals surface area contributed by atoms with Crippen LogP contribution in [-0.2, 0) is 19.4 Å². The lowest BCUT2D eigenvalue weighted by Crippen LogP contribution is -2.48. The van der Waals surface area contributed by atoms with Crippen molar-refractivity contribution in [3.05, 3.63) is 30.1 Å². The maximum atomic E-state index is 13.1. The standard InChI is InChI=1S/C12H14FNO4S/c1-18-11(15)12(5-6-19(16,17)8-12)14-10-4-2-3-9(13)7-10/h2-4,7,14H,5-6,8H2,1H3. The third kappa shape index (κ3) is 2.86. The number of rotatable bonds is 3. The van der Waals surface area contributed by atoms with Crippen molar-refractivity contribution in [3.8, 4) is 0 Å². The Morgan fingerprint density at radius 3 is 2.74 bits per heavy atom. The van der Waals surface area contributed by atoms with Crippen LogP contribution in [0.4, 0.5) is 10.1 Å². The summed E-state index contributed by atoms with van der Waals surface area (Å²) in [6.07, 6.45) is 0.110. The number of anilines is 1. The molecule has 0 saturated carbocycles. The molecule has 19 heavy (non-hydrogen) atoms. The average molecular weight is 287 g/mol. The summed E-state index contributed by atoms with van der Waals surface area (Å²) in [5.74, 6) is -1.56. The summed E-state index contributed by atoms with van der Waals surface area (Å²) in [6.45, 7) is 0. The maximum Gasteiger partial charge on any atom is 0.332 e. The van der Waals surface area contributed by atoms with Crippen molar-refractivity contribution in [2.75, 3.05) is 23.9 Å². The van der Waals surface area contributed by atoms with E-state index in [1.165, 1.54) is 25.3 Å². The Morgan fingerprint density at radius 1 is 1.47 bits per heavy atom. The van der Waals surface area contributed by atoms with Crippen LogP contribution in [0, 0.1) is 5.82 Å². The smallest absolute Gasteiger partial charge is 0.332 e. The molecular weight excluding hydrogens is 273 g/mol. The summed E-state index contributed by atoms with van der Waals surface area (Å²) in [6, 6.07) is 5.52. The number of hydrogen-bond donors (Lipinski definition) is 1. The molecule has 0 aromatic heterocycles. The molecule has 1 unspecified atom stereocenters. The summed E-state index contributed by atoms with van der Waals surface area (Å²) in [7, 11) is -2.10. The zero-order valence-electron chi connectivity index (χ0n) is 10.3. The number of halogens is 1. The lowest BCUT2D eigenvalue weighted by Gasteiger charge is -2.27. The number of carbonyl (C=O) groups is 1. The van der Waals surface area contributed by atoms with Gasteiger partial charge in [-0.15, -0.1) is 0 Å². The topological polar surface area (TPSA) is 72.5 Å². The van der Waals surface area contributed by atoms with Gasteiger partial charge in [0.1, 0.15) is 5.82 Å². The van der Waals surface area contributed by atoms with Crippen LogP contribution in [0.1, 0.15) is 6.42 Å². The third-order valence-corrected chi connectivity index (χ3v) is 4.85. The Kier molecular flexibility index (Phi) is 3.49. The van der Waals surface area contributed by atoms with Gasteiger partial charge in [-0.3, -0.25) is 0 Å². The number of carbonyl (C=O) groups excluding carboxylic acids is 1. The highest BCUT2D eigenvalue weighted by molar-refractivity contribution is 7.91. The van der Waals surface area contributed by atoms with Gasteiger partial charge in [0.2, 0.25) is 0 Å². The molecule has 1 aromatic rings. The Labute approximate surface area is 110 Å². The predicted molar refractivity (Wildman–Crippen MR) is 68.0 cm³/mol. The van der Waals surface area contributed by atoms with E-state index >= 15 is 0 Å². The van der Waals surface area contributed by atoms with Gasteiger partial charge >= 0.3 is 5.97 Å². The van der Waals surface area contributed by atoms with E-state index in [9.17, 15) is 17.6 Å². The SMILES string of the molecule is COC(=O)C1(Nc2cccc(F)c2)CCS(=O)(=O)C1. The molecule has 104 valence electrons. The third-order valence-electron chi connectivity index (χ3n) is 3.09. The van der Waals surface area contributed by atoms with Crippen LogP contribution in [0.25, 0.3) is 0 Å². The molecule has 2 rings (SSSR count). The number of nitrogens with one attached hydrogen (secondary N) is 1. The van der Waals surface area contributed by atoms with Crippen LogP contribution in [0.2, 0.25) is 0 Å². The molecule has 1 saturated heterocycles. The van der Waals surface area contributed by atoms with Crippen molar-refractivity contribution < 1.29 is 22.3 Å². The van der Waals surface area contributed by atoms with Crippen LogP contribution in [0.3, 0.4) is 0 Å². The zero-order valence-corrected chi connectivity index (χ0v) is 11.2. The Morgan fingerprint density at radius 2 is 2.21 bits per heavy atom. The number of benzene rings is 1. The second-order valence-corrected chi connectivity index (χ2v) is 6.74. The minimum absolute atomic E-state index is 0.0928. The second-order valence-electron chi connectivity index (χ2n) is 4.55. The molecule has 1 aromatic carbocycles. The molecule has 0 amide bonds. The summed E-state index contributed by atoms with van der Waals surface area (Å²) < 4.78 is 41.0. The first-order valence-electron chi connectivity index (χ1n) is 5.69. The van der Waals surface area contributed by atoms with E-state index in [1.54, 1.807) is 6.07 Å². The fourth-order valence-corrected chi connectivity index (χ4v) is 4.09. The highest BCUT2D eigenvalue weighted by Gasteiger charge is 2.49. The van der Waals surface area contributed by atoms with Gasteiger partial charge in [0.25, 0.3) is 0 Å². The molecule has 1 atom stereocenters. The monoisotopic (exact) mass is 287 g/mol. The summed E-state index contributed by atoms with van der Waals surface area (Å²) in [5.41, 5.74) is -0.982. The van der Waals surface area contributed by atoms with Gasteiger partial charge < -0.3 is 10.1 Å². The van der Waals surface area contributed by atoms with Gasteiger partial charge in [-0.25, -0.2) is 17.6 Å². The average Bonchev–Trinajstić information content (AvgIpc) is 2.65. The van der Waals surface area contributed by atoms with E-state index in [0.29, 0.717) is 5.69 Å². The van der Waals surface area contributed by atoms with E-state index in [2.05, 4.69) is 10.1 Å². The lowest BCUT2D eigenvalue weighted by molar-refractivity contribution is -0.145. The number of sulfone groups is 1. The molecule has 5 nitrogen and oxygen atoms in total. The molecule has 1 N–H and O–H groups in total. The number of methoxy groups -OCH3 is 1. The van der Waals surface area contributed by atoms with Crippen LogP contribution < -0.4 is 5.32 Å². The van der Waals surface area contributed by atoms with Crippen molar-refractivity contribution in [1.29, 1.82) is 0 Å². The van der Waals surface area contributed by atoms with E-state index in [4.69, 9.17) is 0 Å². The molecular formula is C12H14FNO4S. The predicted octanol–water partition coefficient (Wildman–Crippen LogP) is 0.968. The maximum absolute atomic E-state index is 13.1. The number of esters is 1. The van der Waals surface area contributed by atoms with Gasteiger partial charge in [0.15, 0.2) is 15.4 Å². The molecule has 1 fully saturated rings. The van der Waals surface area contributed by atoms with Crippen LogP contribution in [0.5, 0.6) is 0 Å². The van der Waals surface area contributed by atoms with Crippen molar-refractivity contribution >= 4 is 21.5 Å². The van der Waals surface area contributed by atoms with Gasteiger partial charge in [-0.2, -0.15) is 0 Å². The highest BCUT2D eigenvalue weighted by atomic mass is 32.2. The fourth-order valence-electron chi connectivity index (χ4n) is 2.20. The van der Waals surface area contributed by atoms with Crippen molar-refractivity contribution in [2.45, 2.75) is 12.0 Å². The van der Waals surface area contributed by atoms with E-state index in [-0.39, 0.29) is 17.9 Å². The Hall–Kier alpha value is -1.63. The molecule has 0 aliphatic carbocycles. The summed E-state index contributed by atoms with van der Waals surface area (Å²) in [5, 5.41) is 2.81. The normalized spacial score (nSPS) is 24.9. The van der Waals surface area contributed by atoms with E-state index in [0.717, 1.165) is 0 Å². The first-order chi connectivity index (χ1) is 8.87. The van der Waals surface area contributed by atoms with Gasteiger partial charge in [-0.1, -0.05) is 6.07 Å². The van der Waals surface area contributed by atoms with E-state index < -0.39 is 27.2 Å². The van der Waals surface area contributed by atoms with Crippen LogP contribution in [0.15, 0.2) is 24.3 Å². The summed E-state index contributed by atoms with van der Waals surface area (Å²) >= 11 is 0. The van der Waals surface area contributed by atoms with Gasteiger partial charge in [0.05, 0.1) is 18.6 Å². The minimum Gasteiger partial charge on any atom is -0.467 e. The van der Waals surface area contributed by atoms with E-state index in [1.807, 2.05) is 0 Å². The zero-order chi connectivity index (χ0) is 14.1. The highest BCUT2D eigenvalue weighted by Crippen LogP contribution is 2.29. The van der Waals surface area contributed by atoms with Gasteiger partial charge in [-0.05, 0) is 24.6 Å². The van der Waals surface area contributed by atoms with Crippen LogP contribution in [-0.4, -0.2) is 38.5 Å². The molecule has 0 bridgehead atoms. The minimum atomic E-state index is -3.30. The fraction of sp³-hybridized carbons (Fsp3) is 0.417. The molecule has 1 heterocycles. The Bertz CT molecular complexity index is 602.